The lowest BCUT2D eigenvalue weighted by Gasteiger charge is -2.36. The number of rotatable bonds is 8. The second kappa shape index (κ2) is 10.8. The first kappa shape index (κ1) is 25.2. The first-order valence-electron chi connectivity index (χ1n) is 11.6. The molecule has 1 aliphatic rings. The number of piperazine rings is 1. The summed E-state index contributed by atoms with van der Waals surface area (Å²) in [5.74, 6) is -2.61. The third-order valence-electron chi connectivity index (χ3n) is 6.24. The molecule has 4 N–H and O–H groups in total. The minimum atomic E-state index is -1.12. The minimum absolute atomic E-state index is 0.188. The Hall–Kier alpha value is -3.86. The molecular formula is C25H30F2N6O3. The Bertz CT molecular complexity index is 1190. The van der Waals surface area contributed by atoms with Gasteiger partial charge < -0.3 is 35.4 Å². The van der Waals surface area contributed by atoms with E-state index in [1.165, 1.54) is 19.5 Å². The van der Waals surface area contributed by atoms with Crippen molar-refractivity contribution >= 4 is 23.0 Å². The molecule has 192 valence electrons. The average Bonchev–Trinajstić information content (AvgIpc) is 2.89. The molecular weight excluding hydrogens is 470 g/mol. The van der Waals surface area contributed by atoms with Crippen LogP contribution in [0.15, 0.2) is 30.6 Å². The van der Waals surface area contributed by atoms with Gasteiger partial charge in [0.15, 0.2) is 28.9 Å². The van der Waals surface area contributed by atoms with E-state index in [-0.39, 0.29) is 17.4 Å². The van der Waals surface area contributed by atoms with Gasteiger partial charge in [-0.05, 0) is 31.2 Å². The van der Waals surface area contributed by atoms with Gasteiger partial charge in [0.1, 0.15) is 6.61 Å². The van der Waals surface area contributed by atoms with Crippen LogP contribution in [0.1, 0.15) is 18.1 Å². The van der Waals surface area contributed by atoms with Gasteiger partial charge in [0.25, 0.3) is 0 Å². The highest BCUT2D eigenvalue weighted by molar-refractivity contribution is 5.78. The number of ether oxygens (including phenoxy) is 2. The summed E-state index contributed by atoms with van der Waals surface area (Å²) in [6.07, 6.45) is 2.75. The summed E-state index contributed by atoms with van der Waals surface area (Å²) in [6.45, 7) is 8.66. The fourth-order valence-electron chi connectivity index (χ4n) is 4.12. The molecule has 2 heterocycles. The Morgan fingerprint density at radius 3 is 2.39 bits per heavy atom. The van der Waals surface area contributed by atoms with E-state index < -0.39 is 29.6 Å². The van der Waals surface area contributed by atoms with Crippen molar-refractivity contribution in [2.24, 2.45) is 0 Å². The number of halogens is 2. The Kier molecular flexibility index (Phi) is 7.58. The number of aromatic nitrogens is 2. The van der Waals surface area contributed by atoms with Gasteiger partial charge in [-0.25, -0.2) is 18.7 Å². The largest absolute Gasteiger partial charge is 0.505 e. The van der Waals surface area contributed by atoms with E-state index in [1.54, 1.807) is 0 Å². The van der Waals surface area contributed by atoms with Crippen molar-refractivity contribution in [3.8, 4) is 17.2 Å². The zero-order valence-electron chi connectivity index (χ0n) is 20.5. The zero-order valence-corrected chi connectivity index (χ0v) is 20.5. The molecule has 1 fully saturated rings. The van der Waals surface area contributed by atoms with Crippen LogP contribution in [0.3, 0.4) is 0 Å². The second-order valence-corrected chi connectivity index (χ2v) is 8.51. The Morgan fingerprint density at radius 2 is 1.78 bits per heavy atom. The molecule has 36 heavy (non-hydrogen) atoms. The van der Waals surface area contributed by atoms with Gasteiger partial charge in [-0.2, -0.15) is 0 Å². The molecule has 1 aromatic heterocycles. The molecule has 0 spiro atoms. The summed E-state index contributed by atoms with van der Waals surface area (Å²) in [4.78, 5) is 13.2. The first-order valence-corrected chi connectivity index (χ1v) is 11.6. The van der Waals surface area contributed by atoms with Crippen LogP contribution in [0, 0.1) is 18.6 Å². The van der Waals surface area contributed by atoms with Gasteiger partial charge in [-0.1, -0.05) is 6.92 Å². The van der Waals surface area contributed by atoms with Crippen LogP contribution >= 0.6 is 0 Å². The van der Waals surface area contributed by atoms with Crippen molar-refractivity contribution in [2.45, 2.75) is 20.5 Å². The molecule has 0 radical (unpaired) electrons. The average molecular weight is 501 g/mol. The predicted octanol–water partition coefficient (Wildman–Crippen LogP) is 3.82. The van der Waals surface area contributed by atoms with Crippen LogP contribution < -0.4 is 25.4 Å². The summed E-state index contributed by atoms with van der Waals surface area (Å²) in [5, 5.41) is 12.8. The highest BCUT2D eigenvalue weighted by atomic mass is 19.1. The number of hydrogen-bond acceptors (Lipinski definition) is 9. The summed E-state index contributed by atoms with van der Waals surface area (Å²) in [5.41, 5.74) is 9.21. The molecule has 0 saturated carbocycles. The number of nitrogen functional groups attached to an aromatic ring is 1. The summed E-state index contributed by atoms with van der Waals surface area (Å²) < 4.78 is 38.8. The van der Waals surface area contributed by atoms with Crippen molar-refractivity contribution in [2.75, 3.05) is 55.8 Å². The fraction of sp³-hybridized carbons (Fsp3) is 0.360. The lowest BCUT2D eigenvalue weighted by atomic mass is 10.1. The Labute approximate surface area is 208 Å². The third kappa shape index (κ3) is 5.35. The first-order chi connectivity index (χ1) is 17.3. The number of phenolic OH excluding ortho intramolecular Hbond substituents is 1. The smallest absolute Gasteiger partial charge is 0.227 e. The molecule has 0 atom stereocenters. The van der Waals surface area contributed by atoms with E-state index in [9.17, 15) is 13.9 Å². The van der Waals surface area contributed by atoms with Crippen molar-refractivity contribution in [3.05, 3.63) is 53.4 Å². The van der Waals surface area contributed by atoms with Gasteiger partial charge in [0.2, 0.25) is 5.95 Å². The highest BCUT2D eigenvalue weighted by Gasteiger charge is 2.20. The SMILES string of the molecule is CCN1CCN(c2cc(C)c(Nc3ncc(OCc4c(F)c(O)cc(OC)c4F)cn3)c(N)c2)CC1. The van der Waals surface area contributed by atoms with E-state index in [0.717, 1.165) is 50.0 Å². The summed E-state index contributed by atoms with van der Waals surface area (Å²) >= 11 is 0. The lowest BCUT2D eigenvalue weighted by molar-refractivity contribution is 0.271. The van der Waals surface area contributed by atoms with Gasteiger partial charge in [-0.15, -0.1) is 0 Å². The van der Waals surface area contributed by atoms with E-state index >= 15 is 0 Å². The van der Waals surface area contributed by atoms with Crippen molar-refractivity contribution in [1.82, 2.24) is 14.9 Å². The maximum Gasteiger partial charge on any atom is 0.227 e. The second-order valence-electron chi connectivity index (χ2n) is 8.51. The van der Waals surface area contributed by atoms with Gasteiger partial charge >= 0.3 is 0 Å². The van der Waals surface area contributed by atoms with E-state index in [2.05, 4.69) is 38.1 Å². The van der Waals surface area contributed by atoms with E-state index in [4.69, 9.17) is 15.2 Å². The predicted molar refractivity (Wildman–Crippen MR) is 134 cm³/mol. The highest BCUT2D eigenvalue weighted by Crippen LogP contribution is 2.33. The van der Waals surface area contributed by atoms with Crippen LogP contribution in [0.4, 0.5) is 31.8 Å². The normalized spacial score (nSPS) is 14.1. The van der Waals surface area contributed by atoms with E-state index in [0.29, 0.717) is 11.4 Å². The number of nitrogens with zero attached hydrogens (tertiary/aromatic N) is 4. The van der Waals surface area contributed by atoms with E-state index in [1.807, 2.05) is 13.0 Å². The Balaban J connectivity index is 1.42. The van der Waals surface area contributed by atoms with Crippen LogP contribution in [0.5, 0.6) is 17.2 Å². The molecule has 0 unspecified atom stereocenters. The molecule has 3 aromatic rings. The molecule has 2 aromatic carbocycles. The van der Waals surface area contributed by atoms with Crippen LogP contribution in [-0.4, -0.2) is 59.8 Å². The molecule has 0 amide bonds. The quantitative estimate of drug-likeness (QED) is 0.398. The number of nitrogens with two attached hydrogens (primary N) is 1. The monoisotopic (exact) mass is 500 g/mol. The van der Waals surface area contributed by atoms with Crippen molar-refractivity contribution < 1.29 is 23.4 Å². The fourth-order valence-corrected chi connectivity index (χ4v) is 4.12. The zero-order chi connectivity index (χ0) is 25.8. The van der Waals surface area contributed by atoms with Crippen molar-refractivity contribution in [1.29, 1.82) is 0 Å². The van der Waals surface area contributed by atoms with Crippen LogP contribution in [-0.2, 0) is 6.61 Å². The van der Waals surface area contributed by atoms with Crippen LogP contribution in [0.2, 0.25) is 0 Å². The number of nitrogens with one attached hydrogen (secondary N) is 1. The number of phenols is 1. The van der Waals surface area contributed by atoms with Crippen molar-refractivity contribution in [3.63, 3.8) is 0 Å². The van der Waals surface area contributed by atoms with Gasteiger partial charge in [0.05, 0.1) is 36.4 Å². The lowest BCUT2D eigenvalue weighted by Crippen LogP contribution is -2.46. The topological polar surface area (TPSA) is 109 Å². The molecule has 4 rings (SSSR count). The number of likely N-dealkylation sites (N-methyl/N-ethyl adjacent to an activating group) is 1. The number of anilines is 4. The molecule has 0 aliphatic carbocycles. The molecule has 0 bridgehead atoms. The number of methoxy groups -OCH3 is 1. The number of benzene rings is 2. The maximum absolute atomic E-state index is 14.4. The minimum Gasteiger partial charge on any atom is -0.505 e. The van der Waals surface area contributed by atoms with Gasteiger partial charge in [-0.3, -0.25) is 0 Å². The van der Waals surface area contributed by atoms with Gasteiger partial charge in [0, 0.05) is 37.9 Å². The third-order valence-corrected chi connectivity index (χ3v) is 6.24. The molecule has 11 heteroatoms. The number of aryl methyl sites for hydroxylation is 1. The molecule has 1 saturated heterocycles. The summed E-state index contributed by atoms with van der Waals surface area (Å²) in [7, 11) is 1.22. The molecule has 9 nitrogen and oxygen atoms in total. The number of hydrogen-bond donors (Lipinski definition) is 3. The number of aromatic hydroxyl groups is 1. The maximum atomic E-state index is 14.4. The summed E-state index contributed by atoms with van der Waals surface area (Å²) in [6, 6.07) is 4.90. The standard InChI is InChI=1S/C25H30F2N6O3/c1-4-32-5-7-33(8-6-32)16-9-15(2)24(19(28)10-16)31-25-29-12-17(13-30-25)36-14-18-22(26)20(34)11-21(35-3)23(18)27/h9-13,34H,4-8,14,28H2,1-3H3,(H,29,30,31). The Morgan fingerprint density at radius 1 is 1.08 bits per heavy atom. The molecule has 1 aliphatic heterocycles. The van der Waals surface area contributed by atoms with Crippen LogP contribution in [0.25, 0.3) is 0 Å².